The molecule has 0 radical (unpaired) electrons. The molecule has 1 heterocycles. The second kappa shape index (κ2) is 11.3. The molecular formula is C23H36N4O3. The van der Waals surface area contributed by atoms with Crippen LogP contribution in [-0.2, 0) is 14.3 Å². The number of benzene rings is 1. The predicted molar refractivity (Wildman–Crippen MR) is 120 cm³/mol. The van der Waals surface area contributed by atoms with Gasteiger partial charge in [-0.1, -0.05) is 19.3 Å². The lowest BCUT2D eigenvalue weighted by Gasteiger charge is -2.34. The van der Waals surface area contributed by atoms with E-state index >= 15 is 0 Å². The number of carbonyl (C=O) groups excluding carboxylic acids is 2. The van der Waals surface area contributed by atoms with Gasteiger partial charge in [0.1, 0.15) is 0 Å². The molecule has 0 atom stereocenters. The summed E-state index contributed by atoms with van der Waals surface area (Å²) in [5.74, 6) is 0.0136. The molecule has 0 unspecified atom stereocenters. The first kappa shape index (κ1) is 22.6. The molecule has 1 aromatic carbocycles. The van der Waals surface area contributed by atoms with Gasteiger partial charge < -0.3 is 19.9 Å². The largest absolute Gasteiger partial charge is 0.378 e. The summed E-state index contributed by atoms with van der Waals surface area (Å²) >= 11 is 0. The van der Waals surface area contributed by atoms with Gasteiger partial charge in [0.15, 0.2) is 0 Å². The fraction of sp³-hybridized carbons (Fsp3) is 0.652. The minimum atomic E-state index is -0.106. The van der Waals surface area contributed by atoms with Crippen LogP contribution in [0.25, 0.3) is 0 Å². The monoisotopic (exact) mass is 416 g/mol. The molecule has 2 amide bonds. The van der Waals surface area contributed by atoms with E-state index in [2.05, 4.69) is 10.2 Å². The van der Waals surface area contributed by atoms with Crippen LogP contribution in [0.2, 0.25) is 0 Å². The SMILES string of the molecule is CCN(C(=O)CN(C)CC(=O)Nc1ccc(N2CCOCC2)cc1)C1CCCCC1. The zero-order valence-corrected chi connectivity index (χ0v) is 18.4. The summed E-state index contributed by atoms with van der Waals surface area (Å²) in [6.45, 7) is 6.52. The van der Waals surface area contributed by atoms with Gasteiger partial charge in [-0.05, 0) is 51.1 Å². The van der Waals surface area contributed by atoms with E-state index in [0.29, 0.717) is 6.04 Å². The first-order valence-electron chi connectivity index (χ1n) is 11.3. The molecule has 2 aliphatic rings. The molecule has 7 heteroatoms. The second-order valence-electron chi connectivity index (χ2n) is 8.34. The van der Waals surface area contributed by atoms with E-state index < -0.39 is 0 Å². The lowest BCUT2D eigenvalue weighted by Crippen LogP contribution is -2.46. The second-order valence-corrected chi connectivity index (χ2v) is 8.34. The van der Waals surface area contributed by atoms with Gasteiger partial charge in [-0.25, -0.2) is 0 Å². The number of hydrogen-bond donors (Lipinski definition) is 1. The molecule has 1 aliphatic carbocycles. The molecular weight excluding hydrogens is 380 g/mol. The quantitative estimate of drug-likeness (QED) is 0.706. The number of nitrogens with one attached hydrogen (secondary N) is 1. The van der Waals surface area contributed by atoms with E-state index in [-0.39, 0.29) is 24.9 Å². The summed E-state index contributed by atoms with van der Waals surface area (Å²) in [6, 6.07) is 8.27. The van der Waals surface area contributed by atoms with Crippen molar-refractivity contribution in [3.8, 4) is 0 Å². The Kier molecular flexibility index (Phi) is 8.51. The Morgan fingerprint density at radius 2 is 1.73 bits per heavy atom. The zero-order chi connectivity index (χ0) is 21.3. The van der Waals surface area contributed by atoms with Crippen LogP contribution in [0.15, 0.2) is 24.3 Å². The van der Waals surface area contributed by atoms with E-state index in [1.807, 2.05) is 43.1 Å². The highest BCUT2D eigenvalue weighted by Gasteiger charge is 2.25. The van der Waals surface area contributed by atoms with Gasteiger partial charge in [-0.15, -0.1) is 0 Å². The van der Waals surface area contributed by atoms with E-state index in [0.717, 1.165) is 57.1 Å². The molecule has 1 aromatic rings. The van der Waals surface area contributed by atoms with Gasteiger partial charge in [-0.3, -0.25) is 14.5 Å². The van der Waals surface area contributed by atoms with Gasteiger partial charge >= 0.3 is 0 Å². The molecule has 1 aliphatic heterocycles. The van der Waals surface area contributed by atoms with Crippen molar-refractivity contribution in [2.45, 2.75) is 45.1 Å². The van der Waals surface area contributed by atoms with Crippen LogP contribution in [0.1, 0.15) is 39.0 Å². The number of ether oxygens (including phenoxy) is 1. The van der Waals surface area contributed by atoms with E-state index in [4.69, 9.17) is 4.74 Å². The Balaban J connectivity index is 1.44. The fourth-order valence-corrected chi connectivity index (χ4v) is 4.43. The molecule has 1 saturated heterocycles. The van der Waals surface area contributed by atoms with Gasteiger partial charge in [0, 0.05) is 37.1 Å². The topological polar surface area (TPSA) is 65.1 Å². The summed E-state index contributed by atoms with van der Waals surface area (Å²) < 4.78 is 5.39. The third kappa shape index (κ3) is 6.44. The number of morpholine rings is 1. The molecule has 3 rings (SSSR count). The minimum absolute atomic E-state index is 0.106. The number of amides is 2. The third-order valence-electron chi connectivity index (χ3n) is 6.02. The maximum Gasteiger partial charge on any atom is 0.238 e. The van der Waals surface area contributed by atoms with Gasteiger partial charge in [-0.2, -0.15) is 0 Å². The fourth-order valence-electron chi connectivity index (χ4n) is 4.43. The number of rotatable bonds is 8. The van der Waals surface area contributed by atoms with Crippen molar-refractivity contribution in [1.29, 1.82) is 0 Å². The maximum atomic E-state index is 12.8. The molecule has 0 aromatic heterocycles. The maximum absolute atomic E-state index is 12.8. The van der Waals surface area contributed by atoms with Crippen LogP contribution in [0.3, 0.4) is 0 Å². The Labute approximate surface area is 180 Å². The molecule has 1 saturated carbocycles. The predicted octanol–water partition coefficient (Wildman–Crippen LogP) is 2.57. The number of hydrogen-bond acceptors (Lipinski definition) is 5. The van der Waals surface area contributed by atoms with Crippen molar-refractivity contribution in [1.82, 2.24) is 9.80 Å². The van der Waals surface area contributed by atoms with Crippen molar-refractivity contribution >= 4 is 23.2 Å². The van der Waals surface area contributed by atoms with Crippen molar-refractivity contribution < 1.29 is 14.3 Å². The van der Waals surface area contributed by atoms with Gasteiger partial charge in [0.05, 0.1) is 26.3 Å². The molecule has 0 spiro atoms. The smallest absolute Gasteiger partial charge is 0.238 e. The summed E-state index contributed by atoms with van der Waals surface area (Å²) in [6.07, 6.45) is 5.89. The molecule has 30 heavy (non-hydrogen) atoms. The Morgan fingerprint density at radius 3 is 2.37 bits per heavy atom. The Hall–Kier alpha value is -2.12. The Bertz CT molecular complexity index is 682. The molecule has 166 valence electrons. The van der Waals surface area contributed by atoms with Crippen molar-refractivity contribution in [2.24, 2.45) is 0 Å². The van der Waals surface area contributed by atoms with Crippen LogP contribution in [0, 0.1) is 0 Å². The lowest BCUT2D eigenvalue weighted by molar-refractivity contribution is -0.135. The summed E-state index contributed by atoms with van der Waals surface area (Å²) in [7, 11) is 1.83. The average molecular weight is 417 g/mol. The van der Waals surface area contributed by atoms with E-state index in [1.54, 1.807) is 4.90 Å². The first-order chi connectivity index (χ1) is 14.6. The van der Waals surface area contributed by atoms with Crippen molar-refractivity contribution in [3.05, 3.63) is 24.3 Å². The summed E-state index contributed by atoms with van der Waals surface area (Å²) in [4.78, 5) is 31.3. The molecule has 2 fully saturated rings. The van der Waals surface area contributed by atoms with Crippen LogP contribution < -0.4 is 10.2 Å². The number of carbonyl (C=O) groups is 2. The van der Waals surface area contributed by atoms with E-state index in [1.165, 1.54) is 19.3 Å². The average Bonchev–Trinajstić information content (AvgIpc) is 2.76. The van der Waals surface area contributed by atoms with Crippen LogP contribution in [0.5, 0.6) is 0 Å². The highest BCUT2D eigenvalue weighted by atomic mass is 16.5. The summed E-state index contributed by atoms with van der Waals surface area (Å²) in [5.41, 5.74) is 1.91. The van der Waals surface area contributed by atoms with Crippen molar-refractivity contribution in [2.75, 3.05) is 63.2 Å². The minimum Gasteiger partial charge on any atom is -0.378 e. The number of anilines is 2. The lowest BCUT2D eigenvalue weighted by atomic mass is 9.94. The van der Waals surface area contributed by atoms with Crippen molar-refractivity contribution in [3.63, 3.8) is 0 Å². The molecule has 1 N–H and O–H groups in total. The van der Waals surface area contributed by atoms with E-state index in [9.17, 15) is 9.59 Å². The first-order valence-corrected chi connectivity index (χ1v) is 11.3. The molecule has 7 nitrogen and oxygen atoms in total. The standard InChI is InChI=1S/C23H36N4O3/c1-3-27(21-7-5-4-6-8-21)23(29)18-25(2)17-22(28)24-19-9-11-20(12-10-19)26-13-15-30-16-14-26/h9-12,21H,3-8,13-18H2,1-2H3,(H,24,28). The number of nitrogens with zero attached hydrogens (tertiary/aromatic N) is 3. The highest BCUT2D eigenvalue weighted by molar-refractivity contribution is 5.92. The van der Waals surface area contributed by atoms with Crippen LogP contribution in [0.4, 0.5) is 11.4 Å². The highest BCUT2D eigenvalue weighted by Crippen LogP contribution is 2.23. The Morgan fingerprint density at radius 1 is 1.07 bits per heavy atom. The van der Waals surface area contributed by atoms with Crippen LogP contribution >= 0.6 is 0 Å². The van der Waals surface area contributed by atoms with Gasteiger partial charge in [0.2, 0.25) is 11.8 Å². The van der Waals surface area contributed by atoms with Gasteiger partial charge in [0.25, 0.3) is 0 Å². The summed E-state index contributed by atoms with van der Waals surface area (Å²) in [5, 5.41) is 2.93. The van der Waals surface area contributed by atoms with Crippen LogP contribution in [-0.4, -0.2) is 80.6 Å². The number of likely N-dealkylation sites (N-methyl/N-ethyl adjacent to an activating group) is 2. The zero-order valence-electron chi connectivity index (χ0n) is 18.4. The molecule has 0 bridgehead atoms. The third-order valence-corrected chi connectivity index (χ3v) is 6.02. The normalized spacial score (nSPS) is 17.8.